The minimum absolute atomic E-state index is 0.0394. The summed E-state index contributed by atoms with van der Waals surface area (Å²) in [7, 11) is 1.75. The number of aromatic nitrogens is 4. The summed E-state index contributed by atoms with van der Waals surface area (Å²) >= 11 is 5.89. The summed E-state index contributed by atoms with van der Waals surface area (Å²) in [5.74, 6) is 1.14. The summed E-state index contributed by atoms with van der Waals surface area (Å²) in [5.41, 5.74) is 1.33. The van der Waals surface area contributed by atoms with E-state index in [2.05, 4.69) is 9.97 Å². The van der Waals surface area contributed by atoms with Gasteiger partial charge in [-0.1, -0.05) is 0 Å². The first-order valence-electron chi connectivity index (χ1n) is 6.82. The molecule has 1 saturated carbocycles. The van der Waals surface area contributed by atoms with Crippen LogP contribution in [0.5, 0.6) is 0 Å². The Morgan fingerprint density at radius 1 is 1.35 bits per heavy atom. The van der Waals surface area contributed by atoms with Gasteiger partial charge in [-0.05, 0) is 36.3 Å². The van der Waals surface area contributed by atoms with Crippen molar-refractivity contribution in [2.75, 3.05) is 13.2 Å². The number of nitrogens with zero attached hydrogens (tertiary/aromatic N) is 4. The molecule has 0 N–H and O–H groups in total. The number of imidazole rings is 1. The Kier molecular flexibility index (Phi) is 2.65. The Morgan fingerprint density at radius 3 is 2.75 bits per heavy atom. The van der Waals surface area contributed by atoms with Crippen molar-refractivity contribution in [2.24, 2.45) is 18.9 Å². The van der Waals surface area contributed by atoms with Crippen molar-refractivity contribution in [1.82, 2.24) is 19.1 Å². The molecule has 6 nitrogen and oxygen atoms in total. The molecule has 20 heavy (non-hydrogen) atoms. The van der Waals surface area contributed by atoms with E-state index >= 15 is 0 Å². The monoisotopic (exact) mass is 294 g/mol. The summed E-state index contributed by atoms with van der Waals surface area (Å²) in [6.07, 6.45) is 3.57. The van der Waals surface area contributed by atoms with Crippen LogP contribution in [-0.2, 0) is 11.8 Å². The van der Waals surface area contributed by atoms with Gasteiger partial charge in [-0.2, -0.15) is 4.98 Å². The average molecular weight is 295 g/mol. The predicted octanol–water partition coefficient (Wildman–Crippen LogP) is 1.38. The van der Waals surface area contributed by atoms with Crippen LogP contribution in [0.15, 0.2) is 11.0 Å². The fourth-order valence-electron chi connectivity index (χ4n) is 3.61. The number of aryl methyl sites for hydroxylation is 1. The van der Waals surface area contributed by atoms with Crippen LogP contribution in [0.4, 0.5) is 0 Å². The van der Waals surface area contributed by atoms with Gasteiger partial charge in [-0.15, -0.1) is 0 Å². The largest absolute Gasteiger partial charge is 0.381 e. The Hall–Kier alpha value is -1.40. The fraction of sp³-hybridized carbons (Fsp3) is 0.615. The quantitative estimate of drug-likeness (QED) is 0.746. The van der Waals surface area contributed by atoms with Crippen molar-refractivity contribution in [1.29, 1.82) is 0 Å². The zero-order chi connectivity index (χ0) is 13.9. The highest BCUT2D eigenvalue weighted by Gasteiger charge is 2.40. The van der Waals surface area contributed by atoms with E-state index in [1.165, 1.54) is 0 Å². The van der Waals surface area contributed by atoms with Crippen LogP contribution >= 0.6 is 11.6 Å². The standard InChI is InChI=1S/C13H15ClN4O2/c1-17-10-4-15-12(14)16-11(10)18(13(17)19)9-2-7-5-20-6-8(7)3-9/h4,7-9H,2-3,5-6H2,1H3. The number of hydrogen-bond donors (Lipinski definition) is 0. The zero-order valence-corrected chi connectivity index (χ0v) is 11.9. The van der Waals surface area contributed by atoms with Gasteiger partial charge in [-0.3, -0.25) is 9.13 Å². The van der Waals surface area contributed by atoms with Crippen LogP contribution in [0.1, 0.15) is 18.9 Å². The Bertz CT molecular complexity index is 726. The third-order valence-electron chi connectivity index (χ3n) is 4.65. The molecule has 4 rings (SSSR count). The second-order valence-electron chi connectivity index (χ2n) is 5.74. The molecule has 1 saturated heterocycles. The molecule has 0 radical (unpaired) electrons. The molecule has 7 heteroatoms. The number of rotatable bonds is 1. The summed E-state index contributed by atoms with van der Waals surface area (Å²) in [6, 6.07) is 0.191. The van der Waals surface area contributed by atoms with Crippen molar-refractivity contribution in [3.63, 3.8) is 0 Å². The van der Waals surface area contributed by atoms with Gasteiger partial charge in [0.1, 0.15) is 5.52 Å². The first-order valence-corrected chi connectivity index (χ1v) is 7.20. The zero-order valence-electron chi connectivity index (χ0n) is 11.1. The van der Waals surface area contributed by atoms with Gasteiger partial charge in [0.2, 0.25) is 5.28 Å². The first-order chi connectivity index (χ1) is 9.65. The molecule has 2 aromatic rings. The summed E-state index contributed by atoms with van der Waals surface area (Å²) < 4.78 is 8.88. The second kappa shape index (κ2) is 4.30. The third-order valence-corrected chi connectivity index (χ3v) is 4.83. The highest BCUT2D eigenvalue weighted by Crippen LogP contribution is 2.43. The van der Waals surface area contributed by atoms with Crippen LogP contribution in [0.25, 0.3) is 11.2 Å². The number of ether oxygens (including phenoxy) is 1. The van der Waals surface area contributed by atoms with Crippen molar-refractivity contribution in [2.45, 2.75) is 18.9 Å². The van der Waals surface area contributed by atoms with E-state index in [1.807, 2.05) is 0 Å². The van der Waals surface area contributed by atoms with Crippen molar-refractivity contribution < 1.29 is 4.74 Å². The van der Waals surface area contributed by atoms with E-state index in [0.717, 1.165) is 31.6 Å². The third kappa shape index (κ3) is 1.64. The second-order valence-corrected chi connectivity index (χ2v) is 6.08. The molecule has 0 spiro atoms. The minimum atomic E-state index is -0.0394. The summed E-state index contributed by atoms with van der Waals surface area (Å²) in [6.45, 7) is 1.63. The minimum Gasteiger partial charge on any atom is -0.381 e. The van der Waals surface area contributed by atoms with Crippen LogP contribution in [0, 0.1) is 11.8 Å². The first kappa shape index (κ1) is 12.3. The smallest absolute Gasteiger partial charge is 0.330 e. The normalized spacial score (nSPS) is 29.2. The Morgan fingerprint density at radius 2 is 2.05 bits per heavy atom. The fourth-order valence-corrected chi connectivity index (χ4v) is 3.74. The topological polar surface area (TPSA) is 61.9 Å². The van der Waals surface area contributed by atoms with Gasteiger partial charge in [0, 0.05) is 26.3 Å². The van der Waals surface area contributed by atoms with E-state index in [1.54, 1.807) is 22.4 Å². The van der Waals surface area contributed by atoms with Crippen molar-refractivity contribution >= 4 is 22.8 Å². The van der Waals surface area contributed by atoms with Gasteiger partial charge in [0.05, 0.1) is 6.20 Å². The lowest BCUT2D eigenvalue weighted by molar-refractivity contribution is 0.167. The van der Waals surface area contributed by atoms with Gasteiger partial charge in [-0.25, -0.2) is 9.78 Å². The van der Waals surface area contributed by atoms with Crippen molar-refractivity contribution in [3.05, 3.63) is 22.0 Å². The highest BCUT2D eigenvalue weighted by atomic mass is 35.5. The molecule has 3 heterocycles. The average Bonchev–Trinajstić information content (AvgIpc) is 3.04. The maximum Gasteiger partial charge on any atom is 0.330 e. The molecule has 2 aliphatic rings. The molecule has 0 aromatic carbocycles. The molecule has 0 bridgehead atoms. The Balaban J connectivity index is 1.85. The molecule has 1 aliphatic heterocycles. The van der Waals surface area contributed by atoms with Crippen LogP contribution < -0.4 is 5.69 Å². The summed E-state index contributed by atoms with van der Waals surface area (Å²) in [4.78, 5) is 20.7. The lowest BCUT2D eigenvalue weighted by atomic mass is 10.0. The van der Waals surface area contributed by atoms with E-state index in [4.69, 9.17) is 16.3 Å². The lowest BCUT2D eigenvalue weighted by Gasteiger charge is -2.12. The highest BCUT2D eigenvalue weighted by molar-refractivity contribution is 6.28. The molecular formula is C13H15ClN4O2. The van der Waals surface area contributed by atoms with Crippen LogP contribution in [-0.4, -0.2) is 32.3 Å². The maximum absolute atomic E-state index is 12.5. The van der Waals surface area contributed by atoms with E-state index in [0.29, 0.717) is 17.5 Å². The lowest BCUT2D eigenvalue weighted by Crippen LogP contribution is -2.25. The van der Waals surface area contributed by atoms with Gasteiger partial charge in [0.15, 0.2) is 5.65 Å². The summed E-state index contributed by atoms with van der Waals surface area (Å²) in [5, 5.41) is 0.179. The molecule has 2 unspecified atom stereocenters. The van der Waals surface area contributed by atoms with E-state index in [-0.39, 0.29) is 17.0 Å². The molecule has 2 fully saturated rings. The predicted molar refractivity (Wildman–Crippen MR) is 73.8 cm³/mol. The van der Waals surface area contributed by atoms with Crippen molar-refractivity contribution in [3.8, 4) is 0 Å². The van der Waals surface area contributed by atoms with Crippen LogP contribution in [0.2, 0.25) is 5.28 Å². The van der Waals surface area contributed by atoms with Gasteiger partial charge < -0.3 is 4.74 Å². The Labute approximate surface area is 120 Å². The van der Waals surface area contributed by atoms with Gasteiger partial charge >= 0.3 is 5.69 Å². The number of hydrogen-bond acceptors (Lipinski definition) is 4. The number of halogens is 1. The molecular weight excluding hydrogens is 280 g/mol. The van der Waals surface area contributed by atoms with E-state index < -0.39 is 0 Å². The van der Waals surface area contributed by atoms with Gasteiger partial charge in [0.25, 0.3) is 0 Å². The molecule has 2 aromatic heterocycles. The maximum atomic E-state index is 12.5. The molecule has 1 aliphatic carbocycles. The molecule has 106 valence electrons. The number of fused-ring (bicyclic) bond motifs is 2. The molecule has 0 amide bonds. The SMILES string of the molecule is Cn1c(=O)n(C2CC3COCC3C2)c2nc(Cl)ncc21. The molecule has 2 atom stereocenters. The van der Waals surface area contributed by atoms with E-state index in [9.17, 15) is 4.79 Å². The van der Waals surface area contributed by atoms with Crippen LogP contribution in [0.3, 0.4) is 0 Å².